The van der Waals surface area contributed by atoms with Crippen molar-refractivity contribution in [3.05, 3.63) is 35.9 Å². The topological polar surface area (TPSA) is 166 Å². The molecular weight excluding hydrogens is 612 g/mol. The molecule has 1 rings (SSSR count). The van der Waals surface area contributed by atoms with E-state index in [1.165, 1.54) is 0 Å². The molecule has 1 aromatic rings. The molecular formula is C37H60N4O7. The molecule has 48 heavy (non-hydrogen) atoms. The lowest BCUT2D eigenvalue weighted by Crippen LogP contribution is -2.50. The fraction of sp³-hybridized carbons (Fsp3) is 0.676. The van der Waals surface area contributed by atoms with E-state index in [0.29, 0.717) is 38.1 Å². The van der Waals surface area contributed by atoms with E-state index in [1.807, 2.05) is 71.9 Å². The Morgan fingerprint density at radius 1 is 0.938 bits per heavy atom. The molecule has 11 nitrogen and oxygen atoms in total. The van der Waals surface area contributed by atoms with Gasteiger partial charge in [0.1, 0.15) is 6.61 Å². The van der Waals surface area contributed by atoms with Crippen LogP contribution in [0.1, 0.15) is 99.5 Å². The minimum Gasteiger partial charge on any atom is -0.388 e. The lowest BCUT2D eigenvalue weighted by molar-refractivity contribution is -0.138. The summed E-state index contributed by atoms with van der Waals surface area (Å²) < 4.78 is 11.4. The monoisotopic (exact) mass is 672 g/mol. The second-order valence-electron chi connectivity index (χ2n) is 13.9. The van der Waals surface area contributed by atoms with E-state index in [1.54, 1.807) is 13.8 Å². The predicted octanol–water partition coefficient (Wildman–Crippen LogP) is 4.38. The maximum absolute atomic E-state index is 13.8. The molecule has 0 unspecified atom stereocenters. The van der Waals surface area contributed by atoms with Gasteiger partial charge in [-0.1, -0.05) is 58.0 Å². The molecule has 0 saturated carbocycles. The molecule has 0 bridgehead atoms. The highest BCUT2D eigenvalue weighted by Crippen LogP contribution is 2.18. The van der Waals surface area contributed by atoms with Crippen molar-refractivity contribution in [3.63, 3.8) is 0 Å². The molecule has 4 N–H and O–H groups in total. The van der Waals surface area contributed by atoms with Gasteiger partial charge in [0.25, 0.3) is 0 Å². The largest absolute Gasteiger partial charge is 0.388 e. The van der Waals surface area contributed by atoms with Crippen LogP contribution in [0.15, 0.2) is 35.3 Å². The van der Waals surface area contributed by atoms with Gasteiger partial charge in [0, 0.05) is 38.3 Å². The third-order valence-corrected chi connectivity index (χ3v) is 7.81. The summed E-state index contributed by atoms with van der Waals surface area (Å²) in [4.78, 5) is 69.7. The number of nitrogens with one attached hydrogen (secondary N) is 2. The normalized spacial score (nSPS) is 14.6. The summed E-state index contributed by atoms with van der Waals surface area (Å²) in [6.45, 7) is 15.3. The molecule has 1 aromatic carbocycles. The van der Waals surface area contributed by atoms with E-state index < -0.39 is 29.5 Å². The van der Waals surface area contributed by atoms with E-state index in [2.05, 4.69) is 15.6 Å². The molecule has 0 saturated heterocycles. The minimum absolute atomic E-state index is 0.00834. The number of amidine groups is 1. The number of benzene rings is 1. The number of ketones is 3. The number of rotatable bonds is 24. The quantitative estimate of drug-likeness (QED) is 0.0827. The van der Waals surface area contributed by atoms with Crippen molar-refractivity contribution < 1.29 is 33.4 Å². The summed E-state index contributed by atoms with van der Waals surface area (Å²) in [6, 6.07) is 7.76. The van der Waals surface area contributed by atoms with Crippen LogP contribution in [-0.2, 0) is 39.9 Å². The van der Waals surface area contributed by atoms with E-state index in [9.17, 15) is 24.0 Å². The Labute approximate surface area is 287 Å². The van der Waals surface area contributed by atoms with E-state index in [-0.39, 0.29) is 74.2 Å². The van der Waals surface area contributed by atoms with Gasteiger partial charge < -0.3 is 25.8 Å². The summed E-state index contributed by atoms with van der Waals surface area (Å²) in [6.07, 6.45) is 2.32. The molecule has 0 spiro atoms. The average molecular weight is 673 g/mol. The van der Waals surface area contributed by atoms with Gasteiger partial charge in [0.2, 0.25) is 11.8 Å². The molecule has 11 heteroatoms. The van der Waals surface area contributed by atoms with Gasteiger partial charge in [0.15, 0.2) is 17.3 Å². The number of aliphatic imine (C=N–C) groups is 1. The van der Waals surface area contributed by atoms with Crippen molar-refractivity contribution >= 4 is 35.0 Å². The van der Waals surface area contributed by atoms with Crippen molar-refractivity contribution in [1.82, 2.24) is 10.6 Å². The summed E-state index contributed by atoms with van der Waals surface area (Å²) in [5.41, 5.74) is 5.89. The van der Waals surface area contributed by atoms with Crippen LogP contribution in [0, 0.1) is 17.8 Å². The SMILES string of the molecule is CCC(=O)COCCCC(=O)[C@H](Cc1ccccc1)NC(=O)[C@H](COC(C)(C)C)CC(=O)[C@@H](NC(=O)[C@@H](C)CCCN=C(C)N)C(C)C. The first-order valence-electron chi connectivity index (χ1n) is 17.2. The molecule has 0 aliphatic rings. The molecule has 0 aliphatic carbocycles. The Hall–Kier alpha value is -3.44. The summed E-state index contributed by atoms with van der Waals surface area (Å²) in [7, 11) is 0. The van der Waals surface area contributed by atoms with Crippen molar-refractivity contribution in [3.8, 4) is 0 Å². The number of ether oxygens (including phenoxy) is 2. The van der Waals surface area contributed by atoms with Crippen LogP contribution in [0.25, 0.3) is 0 Å². The fourth-order valence-corrected chi connectivity index (χ4v) is 4.84. The van der Waals surface area contributed by atoms with Crippen LogP contribution in [0.5, 0.6) is 0 Å². The highest BCUT2D eigenvalue weighted by molar-refractivity contribution is 5.95. The first-order chi connectivity index (χ1) is 22.5. The number of Topliss-reactive ketones (excluding diaryl/α,β-unsaturated/α-hetero) is 3. The zero-order valence-electron chi connectivity index (χ0n) is 30.4. The van der Waals surface area contributed by atoms with Crippen LogP contribution in [-0.4, -0.2) is 79.0 Å². The van der Waals surface area contributed by atoms with Gasteiger partial charge in [0.05, 0.1) is 36.0 Å². The second kappa shape index (κ2) is 22.2. The third-order valence-electron chi connectivity index (χ3n) is 7.81. The zero-order chi connectivity index (χ0) is 36.3. The second-order valence-corrected chi connectivity index (χ2v) is 13.9. The summed E-state index contributed by atoms with van der Waals surface area (Å²) in [5.74, 6) is -2.11. The Kier molecular flexibility index (Phi) is 19.7. The Morgan fingerprint density at radius 3 is 2.19 bits per heavy atom. The average Bonchev–Trinajstić information content (AvgIpc) is 3.02. The molecule has 0 fully saturated rings. The lowest BCUT2D eigenvalue weighted by Gasteiger charge is -2.28. The number of carbonyl (C=O) groups excluding carboxylic acids is 5. The zero-order valence-corrected chi connectivity index (χ0v) is 30.4. The number of nitrogens with zero attached hydrogens (tertiary/aromatic N) is 1. The van der Waals surface area contributed by atoms with Gasteiger partial charge in [-0.3, -0.25) is 29.0 Å². The van der Waals surface area contributed by atoms with Crippen LogP contribution in [0.3, 0.4) is 0 Å². The standard InChI is InChI=1S/C37H60N4O7/c1-9-30(42)24-47-20-14-18-32(43)31(21-28-16-11-10-12-17-28)40-36(46)29(23-48-37(6,7)8)22-33(44)34(25(2)3)41-35(45)26(4)15-13-19-39-27(5)38/h10-12,16-17,25-26,29,31,34H,9,13-15,18-24H2,1-8H3,(H2,38,39)(H,40,46)(H,41,45)/t26-,29-,31-,34-/m0/s1. The molecule has 0 aliphatic heterocycles. The summed E-state index contributed by atoms with van der Waals surface area (Å²) in [5, 5.41) is 5.83. The molecule has 270 valence electrons. The highest BCUT2D eigenvalue weighted by Gasteiger charge is 2.33. The Bertz CT molecular complexity index is 1190. The number of nitrogens with two attached hydrogens (primary N) is 1. The molecule has 0 radical (unpaired) electrons. The van der Waals surface area contributed by atoms with E-state index in [4.69, 9.17) is 15.2 Å². The van der Waals surface area contributed by atoms with Crippen molar-refractivity contribution in [2.75, 3.05) is 26.4 Å². The van der Waals surface area contributed by atoms with Crippen LogP contribution >= 0.6 is 0 Å². The summed E-state index contributed by atoms with van der Waals surface area (Å²) >= 11 is 0. The number of amides is 2. The number of hydrogen-bond acceptors (Lipinski definition) is 8. The first-order valence-corrected chi connectivity index (χ1v) is 17.2. The fourth-order valence-electron chi connectivity index (χ4n) is 4.84. The smallest absolute Gasteiger partial charge is 0.226 e. The maximum Gasteiger partial charge on any atom is 0.226 e. The number of carbonyl (C=O) groups is 5. The molecule has 4 atom stereocenters. The molecule has 2 amide bonds. The third kappa shape index (κ3) is 18.2. The lowest BCUT2D eigenvalue weighted by atomic mass is 9.91. The van der Waals surface area contributed by atoms with Crippen molar-refractivity contribution in [2.45, 2.75) is 118 Å². The predicted molar refractivity (Wildman–Crippen MR) is 189 cm³/mol. The van der Waals surface area contributed by atoms with Gasteiger partial charge in [-0.2, -0.15) is 0 Å². The Morgan fingerprint density at radius 2 is 1.60 bits per heavy atom. The van der Waals surface area contributed by atoms with E-state index >= 15 is 0 Å². The van der Waals surface area contributed by atoms with Crippen molar-refractivity contribution in [1.29, 1.82) is 0 Å². The highest BCUT2D eigenvalue weighted by atomic mass is 16.5. The Balaban J connectivity index is 3.08. The van der Waals surface area contributed by atoms with Gasteiger partial charge in [-0.05, 0) is 64.9 Å². The van der Waals surface area contributed by atoms with Gasteiger partial charge in [-0.25, -0.2) is 0 Å². The van der Waals surface area contributed by atoms with Crippen LogP contribution < -0.4 is 16.4 Å². The van der Waals surface area contributed by atoms with E-state index in [0.717, 1.165) is 5.56 Å². The van der Waals surface area contributed by atoms with Crippen LogP contribution in [0.2, 0.25) is 0 Å². The van der Waals surface area contributed by atoms with Gasteiger partial charge in [-0.15, -0.1) is 0 Å². The molecule has 0 aromatic heterocycles. The molecule has 0 heterocycles. The number of hydrogen-bond donors (Lipinski definition) is 3. The minimum atomic E-state index is -0.890. The van der Waals surface area contributed by atoms with Crippen molar-refractivity contribution in [2.24, 2.45) is 28.5 Å². The first kappa shape index (κ1) is 42.6. The maximum atomic E-state index is 13.8. The van der Waals surface area contributed by atoms with Crippen LogP contribution in [0.4, 0.5) is 0 Å². The van der Waals surface area contributed by atoms with Gasteiger partial charge >= 0.3 is 0 Å².